The van der Waals surface area contributed by atoms with Crippen molar-refractivity contribution in [3.63, 3.8) is 0 Å². The summed E-state index contributed by atoms with van der Waals surface area (Å²) in [6.07, 6.45) is 0.142. The zero-order valence-corrected chi connectivity index (χ0v) is 13.8. The zero-order valence-electron chi connectivity index (χ0n) is 13.8. The molecular weight excluding hydrogens is 323 g/mol. The molecule has 0 spiro atoms. The average molecular weight is 342 g/mol. The Bertz CT molecular complexity index is 776. The summed E-state index contributed by atoms with van der Waals surface area (Å²) in [6, 6.07) is 13.7. The molecule has 0 unspecified atom stereocenters. The number of methoxy groups -OCH3 is 1. The summed E-state index contributed by atoms with van der Waals surface area (Å²) in [5, 5.41) is 5.44. The third-order valence-corrected chi connectivity index (χ3v) is 4.28. The van der Waals surface area contributed by atoms with Gasteiger partial charge in [-0.1, -0.05) is 30.3 Å². The van der Waals surface area contributed by atoms with Crippen LogP contribution in [0, 0.1) is 11.7 Å². The minimum Gasteiger partial charge on any atom is -0.453 e. The molecule has 1 fully saturated rings. The van der Waals surface area contributed by atoms with E-state index in [0.717, 1.165) is 5.56 Å². The molecule has 25 heavy (non-hydrogen) atoms. The lowest BCUT2D eigenvalue weighted by Crippen LogP contribution is -2.24. The molecule has 1 aliphatic rings. The van der Waals surface area contributed by atoms with E-state index in [-0.39, 0.29) is 23.6 Å². The molecule has 130 valence electrons. The van der Waals surface area contributed by atoms with Gasteiger partial charge < -0.3 is 10.1 Å². The number of anilines is 1. The smallest absolute Gasteiger partial charge is 0.411 e. The van der Waals surface area contributed by atoms with E-state index in [4.69, 9.17) is 0 Å². The van der Waals surface area contributed by atoms with Crippen molar-refractivity contribution in [1.29, 1.82) is 0 Å². The van der Waals surface area contributed by atoms with Crippen molar-refractivity contribution in [2.45, 2.75) is 18.9 Å². The van der Waals surface area contributed by atoms with Gasteiger partial charge >= 0.3 is 6.09 Å². The molecular formula is C19H19FN2O3. The van der Waals surface area contributed by atoms with E-state index in [1.165, 1.54) is 13.2 Å². The molecule has 0 heterocycles. The van der Waals surface area contributed by atoms with Gasteiger partial charge in [-0.05, 0) is 41.7 Å². The second-order valence-corrected chi connectivity index (χ2v) is 6.00. The lowest BCUT2D eigenvalue weighted by Gasteiger charge is -2.07. The standard InChI is InChI=1S/C19H19FN2O3/c1-25-19(24)22-13-8-6-12(7-9-13)11-21-18(23)16-10-15(16)14-4-2-3-5-17(14)20/h2-9,15-16H,10-11H2,1H3,(H,21,23)(H,22,24)/t15-,16+/m1/s1. The van der Waals surface area contributed by atoms with Crippen molar-refractivity contribution in [2.75, 3.05) is 12.4 Å². The van der Waals surface area contributed by atoms with Gasteiger partial charge in [0.1, 0.15) is 5.82 Å². The highest BCUT2D eigenvalue weighted by atomic mass is 19.1. The van der Waals surface area contributed by atoms with E-state index < -0.39 is 6.09 Å². The van der Waals surface area contributed by atoms with Crippen LogP contribution in [-0.2, 0) is 16.1 Å². The number of hydrogen-bond acceptors (Lipinski definition) is 3. The van der Waals surface area contributed by atoms with Crippen LogP contribution in [0.5, 0.6) is 0 Å². The number of carbonyl (C=O) groups is 2. The van der Waals surface area contributed by atoms with Gasteiger partial charge in [-0.3, -0.25) is 10.1 Å². The highest BCUT2D eigenvalue weighted by molar-refractivity contribution is 5.84. The maximum atomic E-state index is 13.8. The predicted molar refractivity (Wildman–Crippen MR) is 91.6 cm³/mol. The van der Waals surface area contributed by atoms with Crippen molar-refractivity contribution in [2.24, 2.45) is 5.92 Å². The number of rotatable bonds is 5. The van der Waals surface area contributed by atoms with Crippen molar-refractivity contribution in [3.05, 3.63) is 65.5 Å². The molecule has 6 heteroatoms. The van der Waals surface area contributed by atoms with E-state index >= 15 is 0 Å². The van der Waals surface area contributed by atoms with E-state index in [1.54, 1.807) is 30.3 Å². The van der Waals surface area contributed by atoms with E-state index in [9.17, 15) is 14.0 Å². The van der Waals surface area contributed by atoms with Gasteiger partial charge in [0.25, 0.3) is 0 Å². The number of ether oxygens (including phenoxy) is 1. The van der Waals surface area contributed by atoms with Crippen LogP contribution in [0.4, 0.5) is 14.9 Å². The Morgan fingerprint density at radius 1 is 1.16 bits per heavy atom. The van der Waals surface area contributed by atoms with Gasteiger partial charge in [-0.25, -0.2) is 9.18 Å². The molecule has 2 aromatic rings. The lowest BCUT2D eigenvalue weighted by molar-refractivity contribution is -0.122. The Labute approximate surface area is 145 Å². The van der Waals surface area contributed by atoms with Crippen LogP contribution >= 0.6 is 0 Å². The largest absolute Gasteiger partial charge is 0.453 e. The molecule has 2 amide bonds. The fourth-order valence-electron chi connectivity index (χ4n) is 2.80. The maximum Gasteiger partial charge on any atom is 0.411 e. The van der Waals surface area contributed by atoms with Gasteiger partial charge in [-0.2, -0.15) is 0 Å². The second-order valence-electron chi connectivity index (χ2n) is 6.00. The first-order valence-electron chi connectivity index (χ1n) is 8.04. The Hall–Kier alpha value is -2.89. The number of benzene rings is 2. The lowest BCUT2D eigenvalue weighted by atomic mass is 10.1. The molecule has 2 atom stereocenters. The molecule has 1 saturated carbocycles. The third-order valence-electron chi connectivity index (χ3n) is 4.28. The van der Waals surface area contributed by atoms with Gasteiger partial charge in [-0.15, -0.1) is 0 Å². The summed E-state index contributed by atoms with van der Waals surface area (Å²) in [6.45, 7) is 0.387. The highest BCUT2D eigenvalue weighted by Gasteiger charge is 2.44. The number of amides is 2. The van der Waals surface area contributed by atoms with Crippen molar-refractivity contribution >= 4 is 17.7 Å². The molecule has 0 aliphatic heterocycles. The normalized spacial score (nSPS) is 18.3. The zero-order chi connectivity index (χ0) is 17.8. The molecule has 2 N–H and O–H groups in total. The van der Waals surface area contributed by atoms with Crippen LogP contribution in [0.2, 0.25) is 0 Å². The maximum absolute atomic E-state index is 13.8. The van der Waals surface area contributed by atoms with Gasteiger partial charge in [0.05, 0.1) is 7.11 Å². The minimum absolute atomic E-state index is 0.0344. The summed E-state index contributed by atoms with van der Waals surface area (Å²) in [7, 11) is 1.30. The minimum atomic E-state index is -0.533. The topological polar surface area (TPSA) is 67.4 Å². The molecule has 0 radical (unpaired) electrons. The van der Waals surface area contributed by atoms with Crippen LogP contribution in [0.3, 0.4) is 0 Å². The van der Waals surface area contributed by atoms with Crippen molar-refractivity contribution in [3.8, 4) is 0 Å². The average Bonchev–Trinajstić information content (AvgIpc) is 3.42. The van der Waals surface area contributed by atoms with Crippen LogP contribution in [-0.4, -0.2) is 19.1 Å². The van der Waals surface area contributed by atoms with Gasteiger partial charge in [0.15, 0.2) is 0 Å². The summed E-state index contributed by atoms with van der Waals surface area (Å²) in [4.78, 5) is 23.3. The third kappa shape index (κ3) is 4.15. The van der Waals surface area contributed by atoms with Crippen LogP contribution in [0.1, 0.15) is 23.5 Å². The van der Waals surface area contributed by atoms with E-state index in [0.29, 0.717) is 24.2 Å². The first-order valence-corrected chi connectivity index (χ1v) is 8.04. The molecule has 0 aromatic heterocycles. The van der Waals surface area contributed by atoms with Crippen molar-refractivity contribution < 1.29 is 18.7 Å². The highest BCUT2D eigenvalue weighted by Crippen LogP contribution is 2.48. The van der Waals surface area contributed by atoms with E-state index in [1.807, 2.05) is 12.1 Å². The Morgan fingerprint density at radius 2 is 1.88 bits per heavy atom. The number of carbonyl (C=O) groups excluding carboxylic acids is 2. The summed E-state index contributed by atoms with van der Waals surface area (Å²) in [5.74, 6) is -0.522. The van der Waals surface area contributed by atoms with Crippen molar-refractivity contribution in [1.82, 2.24) is 5.32 Å². The Kier molecular flexibility index (Phi) is 4.97. The van der Waals surface area contributed by atoms with Gasteiger partial charge in [0, 0.05) is 18.2 Å². The number of hydrogen-bond donors (Lipinski definition) is 2. The van der Waals surface area contributed by atoms with Crippen LogP contribution in [0.25, 0.3) is 0 Å². The first kappa shape index (κ1) is 17.0. The summed E-state index contributed by atoms with van der Waals surface area (Å²) < 4.78 is 18.3. The summed E-state index contributed by atoms with van der Waals surface area (Å²) >= 11 is 0. The van der Waals surface area contributed by atoms with Gasteiger partial charge in [0.2, 0.25) is 5.91 Å². The molecule has 5 nitrogen and oxygen atoms in total. The molecule has 0 bridgehead atoms. The monoisotopic (exact) mass is 342 g/mol. The molecule has 1 aliphatic carbocycles. The molecule has 0 saturated heterocycles. The fourth-order valence-corrected chi connectivity index (χ4v) is 2.80. The number of halogens is 1. The number of nitrogens with one attached hydrogen (secondary N) is 2. The second kappa shape index (κ2) is 7.34. The first-order chi connectivity index (χ1) is 12.1. The molecule has 2 aromatic carbocycles. The molecule has 3 rings (SSSR count). The SMILES string of the molecule is COC(=O)Nc1ccc(CNC(=O)[C@H]2C[C@@H]2c2ccccc2F)cc1. The fraction of sp³-hybridized carbons (Fsp3) is 0.263. The Morgan fingerprint density at radius 3 is 2.56 bits per heavy atom. The Balaban J connectivity index is 1.50. The summed E-state index contributed by atoms with van der Waals surface area (Å²) in [5.41, 5.74) is 2.14. The van der Waals surface area contributed by atoms with Crippen LogP contribution < -0.4 is 10.6 Å². The van der Waals surface area contributed by atoms with E-state index in [2.05, 4.69) is 15.4 Å². The quantitative estimate of drug-likeness (QED) is 0.875. The van der Waals surface area contributed by atoms with Crippen LogP contribution in [0.15, 0.2) is 48.5 Å². The predicted octanol–water partition coefficient (Wildman–Crippen LogP) is 3.42.